The summed E-state index contributed by atoms with van der Waals surface area (Å²) >= 11 is 0. The van der Waals surface area contributed by atoms with Crippen LogP contribution in [0.1, 0.15) is 30.7 Å². The Hall–Kier alpha value is -2.28. The van der Waals surface area contributed by atoms with E-state index >= 15 is 0 Å². The lowest BCUT2D eigenvalue weighted by Gasteiger charge is -2.13. The van der Waals surface area contributed by atoms with Gasteiger partial charge in [0.15, 0.2) is 5.82 Å². The molecule has 1 aromatic heterocycles. The van der Waals surface area contributed by atoms with Crippen LogP contribution in [0.15, 0.2) is 30.3 Å². The average Bonchev–Trinajstić information content (AvgIpc) is 3.26. The number of tetrazole rings is 1. The van der Waals surface area contributed by atoms with Gasteiger partial charge in [-0.2, -0.15) is 0 Å². The Balaban J connectivity index is 1.39. The van der Waals surface area contributed by atoms with Crippen molar-refractivity contribution < 1.29 is 4.79 Å². The van der Waals surface area contributed by atoms with Gasteiger partial charge in [-0.15, -0.1) is 5.10 Å². The summed E-state index contributed by atoms with van der Waals surface area (Å²) < 4.78 is 1.60. The summed E-state index contributed by atoms with van der Waals surface area (Å²) in [7, 11) is 0. The lowest BCUT2D eigenvalue weighted by Crippen LogP contribution is -2.30. The summed E-state index contributed by atoms with van der Waals surface area (Å²) in [6.07, 6.45) is 4.34. The van der Waals surface area contributed by atoms with Crippen molar-refractivity contribution in [1.82, 2.24) is 30.4 Å². The molecular weight excluding hydrogens is 304 g/mol. The molecule has 1 aliphatic heterocycles. The van der Waals surface area contributed by atoms with Crippen molar-refractivity contribution in [3.8, 4) is 0 Å². The second-order valence-electron chi connectivity index (χ2n) is 6.18. The number of carbonyl (C=O) groups is 1. The fourth-order valence-electron chi connectivity index (χ4n) is 2.96. The third kappa shape index (κ3) is 4.86. The predicted octanol–water partition coefficient (Wildman–Crippen LogP) is 1.02. The van der Waals surface area contributed by atoms with Gasteiger partial charge >= 0.3 is 0 Å². The van der Waals surface area contributed by atoms with Crippen molar-refractivity contribution in [3.05, 3.63) is 41.7 Å². The first kappa shape index (κ1) is 16.6. The van der Waals surface area contributed by atoms with Crippen LogP contribution in [-0.2, 0) is 24.3 Å². The van der Waals surface area contributed by atoms with Crippen LogP contribution in [0.2, 0.25) is 0 Å². The number of hydrogen-bond donors (Lipinski definition) is 1. The van der Waals surface area contributed by atoms with Crippen LogP contribution < -0.4 is 5.32 Å². The van der Waals surface area contributed by atoms with E-state index in [0.29, 0.717) is 13.1 Å². The minimum atomic E-state index is -0.0435. The van der Waals surface area contributed by atoms with Crippen molar-refractivity contribution >= 4 is 5.91 Å². The minimum absolute atomic E-state index is 0.0435. The SMILES string of the molecule is O=C(Cn1nnnc1CN1CCCC1)NCCCc1ccccc1. The van der Waals surface area contributed by atoms with E-state index in [9.17, 15) is 4.79 Å². The van der Waals surface area contributed by atoms with Gasteiger partial charge in [-0.1, -0.05) is 30.3 Å². The molecule has 0 spiro atoms. The van der Waals surface area contributed by atoms with Crippen LogP contribution in [0, 0.1) is 0 Å². The molecule has 1 aliphatic rings. The molecule has 2 heterocycles. The maximum absolute atomic E-state index is 12.1. The van der Waals surface area contributed by atoms with Crippen molar-refractivity contribution in [2.24, 2.45) is 0 Å². The summed E-state index contributed by atoms with van der Waals surface area (Å²) in [6.45, 7) is 3.73. The highest BCUT2D eigenvalue weighted by Crippen LogP contribution is 2.10. The van der Waals surface area contributed by atoms with E-state index < -0.39 is 0 Å². The number of nitrogens with zero attached hydrogens (tertiary/aromatic N) is 5. The molecule has 0 atom stereocenters. The van der Waals surface area contributed by atoms with Crippen LogP contribution in [-0.4, -0.2) is 50.6 Å². The summed E-state index contributed by atoms with van der Waals surface area (Å²) in [5.74, 6) is 0.717. The summed E-state index contributed by atoms with van der Waals surface area (Å²) in [6, 6.07) is 10.3. The number of nitrogens with one attached hydrogen (secondary N) is 1. The average molecular weight is 328 g/mol. The van der Waals surface area contributed by atoms with Crippen molar-refractivity contribution in [3.63, 3.8) is 0 Å². The van der Waals surface area contributed by atoms with Crippen LogP contribution in [0.3, 0.4) is 0 Å². The predicted molar refractivity (Wildman–Crippen MR) is 90.1 cm³/mol. The quantitative estimate of drug-likeness (QED) is 0.732. The van der Waals surface area contributed by atoms with Gasteiger partial charge in [-0.05, 0) is 54.8 Å². The normalized spacial score (nSPS) is 14.8. The van der Waals surface area contributed by atoms with E-state index in [-0.39, 0.29) is 12.5 Å². The zero-order valence-electron chi connectivity index (χ0n) is 13.9. The van der Waals surface area contributed by atoms with Gasteiger partial charge in [0.05, 0.1) is 6.54 Å². The number of carbonyl (C=O) groups excluding carboxylic acids is 1. The number of aryl methyl sites for hydroxylation is 1. The Morgan fingerprint density at radius 3 is 2.75 bits per heavy atom. The van der Waals surface area contributed by atoms with E-state index in [1.807, 2.05) is 18.2 Å². The van der Waals surface area contributed by atoms with Crippen molar-refractivity contribution in [1.29, 1.82) is 0 Å². The molecule has 128 valence electrons. The number of rotatable bonds is 8. The van der Waals surface area contributed by atoms with Crippen LogP contribution in [0.25, 0.3) is 0 Å². The maximum atomic E-state index is 12.1. The molecule has 1 amide bonds. The highest BCUT2D eigenvalue weighted by atomic mass is 16.2. The Kier molecular flexibility index (Phi) is 5.90. The third-order valence-corrected chi connectivity index (χ3v) is 4.27. The van der Waals surface area contributed by atoms with E-state index in [1.54, 1.807) is 4.68 Å². The zero-order valence-corrected chi connectivity index (χ0v) is 13.9. The Morgan fingerprint density at radius 1 is 1.17 bits per heavy atom. The van der Waals surface area contributed by atoms with E-state index in [0.717, 1.165) is 31.8 Å². The van der Waals surface area contributed by atoms with Gasteiger partial charge in [-0.25, -0.2) is 4.68 Å². The van der Waals surface area contributed by atoms with E-state index in [4.69, 9.17) is 0 Å². The smallest absolute Gasteiger partial charge is 0.241 e. The van der Waals surface area contributed by atoms with Crippen molar-refractivity contribution in [2.45, 2.75) is 38.8 Å². The molecule has 1 saturated heterocycles. The van der Waals surface area contributed by atoms with E-state index in [1.165, 1.54) is 18.4 Å². The highest BCUT2D eigenvalue weighted by Gasteiger charge is 2.17. The molecule has 7 heteroatoms. The fourth-order valence-corrected chi connectivity index (χ4v) is 2.96. The fraction of sp³-hybridized carbons (Fsp3) is 0.529. The summed E-state index contributed by atoms with van der Waals surface area (Å²) in [5, 5.41) is 14.6. The molecule has 1 fully saturated rings. The molecule has 7 nitrogen and oxygen atoms in total. The lowest BCUT2D eigenvalue weighted by molar-refractivity contribution is -0.121. The monoisotopic (exact) mass is 328 g/mol. The Morgan fingerprint density at radius 2 is 1.96 bits per heavy atom. The number of amides is 1. The molecule has 0 saturated carbocycles. The largest absolute Gasteiger partial charge is 0.354 e. The molecule has 0 radical (unpaired) electrons. The molecular formula is C17H24N6O. The number of benzene rings is 1. The van der Waals surface area contributed by atoms with Crippen LogP contribution in [0.4, 0.5) is 0 Å². The standard InChI is InChI=1S/C17H24N6O/c24-17(18-10-6-9-15-7-2-1-3-8-15)14-23-16(19-20-21-23)13-22-11-4-5-12-22/h1-3,7-8H,4-6,9-14H2,(H,18,24). The number of hydrogen-bond acceptors (Lipinski definition) is 5. The first-order valence-electron chi connectivity index (χ1n) is 8.59. The number of likely N-dealkylation sites (tertiary alicyclic amines) is 1. The molecule has 0 unspecified atom stereocenters. The molecule has 3 rings (SSSR count). The Labute approximate surface area is 142 Å². The lowest BCUT2D eigenvalue weighted by atomic mass is 10.1. The summed E-state index contributed by atoms with van der Waals surface area (Å²) in [4.78, 5) is 14.4. The first-order chi connectivity index (χ1) is 11.8. The van der Waals surface area contributed by atoms with Crippen LogP contribution in [0.5, 0.6) is 0 Å². The Bertz CT molecular complexity index is 636. The second-order valence-corrected chi connectivity index (χ2v) is 6.18. The topological polar surface area (TPSA) is 75.9 Å². The molecule has 24 heavy (non-hydrogen) atoms. The molecule has 0 bridgehead atoms. The van der Waals surface area contributed by atoms with Gasteiger partial charge in [0.2, 0.25) is 5.91 Å². The second kappa shape index (κ2) is 8.54. The molecule has 1 N–H and O–H groups in total. The van der Waals surface area contributed by atoms with Crippen LogP contribution >= 0.6 is 0 Å². The third-order valence-electron chi connectivity index (χ3n) is 4.27. The van der Waals surface area contributed by atoms with Gasteiger partial charge in [0, 0.05) is 6.54 Å². The first-order valence-corrected chi connectivity index (χ1v) is 8.59. The van der Waals surface area contributed by atoms with Gasteiger partial charge < -0.3 is 5.32 Å². The zero-order chi connectivity index (χ0) is 16.6. The van der Waals surface area contributed by atoms with Gasteiger partial charge in [-0.3, -0.25) is 9.69 Å². The highest BCUT2D eigenvalue weighted by molar-refractivity contribution is 5.75. The van der Waals surface area contributed by atoms with E-state index in [2.05, 4.69) is 37.9 Å². The van der Waals surface area contributed by atoms with Gasteiger partial charge in [0.25, 0.3) is 0 Å². The molecule has 0 aliphatic carbocycles. The summed E-state index contributed by atoms with van der Waals surface area (Å²) in [5.41, 5.74) is 1.29. The molecule has 2 aromatic rings. The van der Waals surface area contributed by atoms with Gasteiger partial charge in [0.1, 0.15) is 6.54 Å². The minimum Gasteiger partial charge on any atom is -0.354 e. The number of aromatic nitrogens is 4. The molecule has 1 aromatic carbocycles. The van der Waals surface area contributed by atoms with Crippen molar-refractivity contribution in [2.75, 3.05) is 19.6 Å². The maximum Gasteiger partial charge on any atom is 0.241 e.